The van der Waals surface area contributed by atoms with Crippen molar-refractivity contribution in [3.63, 3.8) is 0 Å². The van der Waals surface area contributed by atoms with Crippen LogP contribution in [-0.4, -0.2) is 34.6 Å². The first kappa shape index (κ1) is 22.7. The molecule has 0 unspecified atom stereocenters. The van der Waals surface area contributed by atoms with Crippen LogP contribution in [-0.2, 0) is 13.2 Å². The summed E-state index contributed by atoms with van der Waals surface area (Å²) in [7, 11) is 1.38. The first-order chi connectivity index (χ1) is 14.6. The zero-order valence-electron chi connectivity index (χ0n) is 17.1. The summed E-state index contributed by atoms with van der Waals surface area (Å²) in [5, 5.41) is 2.69. The summed E-state index contributed by atoms with van der Waals surface area (Å²) in [6.45, 7) is 1.05. The number of imidazole rings is 1. The van der Waals surface area contributed by atoms with Crippen LogP contribution in [0.5, 0.6) is 0 Å². The highest BCUT2D eigenvalue weighted by Crippen LogP contribution is 2.38. The lowest BCUT2D eigenvalue weighted by atomic mass is 10.0. The number of quaternary nitrogens is 2. The Morgan fingerprint density at radius 2 is 1.87 bits per heavy atom. The van der Waals surface area contributed by atoms with E-state index in [-0.39, 0.29) is 35.0 Å². The van der Waals surface area contributed by atoms with E-state index in [4.69, 9.17) is 0 Å². The number of aryl methyl sites for hydroxylation is 1. The number of aromatic nitrogens is 2. The molecule has 0 saturated carbocycles. The van der Waals surface area contributed by atoms with E-state index in [0.29, 0.717) is 5.56 Å². The molecule has 166 valence electrons. The van der Waals surface area contributed by atoms with Gasteiger partial charge in [-0.15, -0.1) is 0 Å². The highest BCUT2D eigenvalue weighted by atomic mass is 19.4. The average Bonchev–Trinajstić information content (AvgIpc) is 3.06. The Morgan fingerprint density at radius 1 is 1.19 bits per heavy atom. The molecule has 0 spiro atoms. The molecule has 31 heavy (non-hydrogen) atoms. The lowest BCUT2D eigenvalue weighted by Gasteiger charge is -2.13. The monoisotopic (exact) mass is 439 g/mol. The van der Waals surface area contributed by atoms with Crippen LogP contribution in [0.15, 0.2) is 36.4 Å². The van der Waals surface area contributed by atoms with E-state index in [1.54, 1.807) is 0 Å². The molecule has 0 aliphatic carbocycles. The van der Waals surface area contributed by atoms with E-state index in [1.807, 2.05) is 0 Å². The molecule has 3 aromatic rings. The van der Waals surface area contributed by atoms with Crippen LogP contribution in [0, 0.1) is 5.82 Å². The van der Waals surface area contributed by atoms with E-state index >= 15 is 0 Å². The van der Waals surface area contributed by atoms with Gasteiger partial charge in [0.05, 0.1) is 29.7 Å². The summed E-state index contributed by atoms with van der Waals surface area (Å²) in [6.07, 6.45) is -3.01. The van der Waals surface area contributed by atoms with Gasteiger partial charge in [0.2, 0.25) is 0 Å². The predicted molar refractivity (Wildman–Crippen MR) is 107 cm³/mol. The van der Waals surface area contributed by atoms with Gasteiger partial charge in [-0.1, -0.05) is 12.1 Å². The zero-order chi connectivity index (χ0) is 22.8. The van der Waals surface area contributed by atoms with Crippen LogP contribution < -0.4 is 16.8 Å². The topological polar surface area (TPSA) is 102 Å². The van der Waals surface area contributed by atoms with Crippen LogP contribution >= 0.6 is 0 Å². The second kappa shape index (κ2) is 9.03. The third-order valence-electron chi connectivity index (χ3n) is 5.07. The van der Waals surface area contributed by atoms with E-state index < -0.39 is 23.5 Å². The largest absolute Gasteiger partial charge is 0.418 e. The first-order valence-corrected chi connectivity index (χ1v) is 9.86. The fourth-order valence-corrected chi connectivity index (χ4v) is 3.43. The second-order valence-corrected chi connectivity index (χ2v) is 7.46. The Balaban J connectivity index is 2.01. The fourth-order valence-electron chi connectivity index (χ4n) is 3.43. The minimum atomic E-state index is -4.66. The molecule has 7 N–H and O–H groups in total. The van der Waals surface area contributed by atoms with E-state index in [0.717, 1.165) is 30.0 Å². The minimum absolute atomic E-state index is 0.0313. The zero-order valence-corrected chi connectivity index (χ0v) is 17.1. The number of nitrogens with zero attached hydrogens (tertiary/aromatic N) is 2. The average molecular weight is 439 g/mol. The molecular weight excluding hydrogens is 414 g/mol. The Labute approximate surface area is 176 Å². The second-order valence-electron chi connectivity index (χ2n) is 7.46. The number of rotatable bonds is 7. The van der Waals surface area contributed by atoms with Crippen molar-refractivity contribution in [2.24, 2.45) is 7.05 Å². The van der Waals surface area contributed by atoms with Crippen LogP contribution in [0.25, 0.3) is 22.2 Å². The number of benzene rings is 2. The maximum absolute atomic E-state index is 13.8. The molecule has 0 saturated heterocycles. The number of nitrogens with one attached hydrogen (secondary N) is 1. The molecule has 0 radical (unpaired) electrons. The Bertz CT molecular complexity index is 1080. The molecule has 2 aromatic carbocycles. The summed E-state index contributed by atoms with van der Waals surface area (Å²) in [5.74, 6) is -1.18. The first-order valence-electron chi connectivity index (χ1n) is 9.86. The Kier molecular flexibility index (Phi) is 6.61. The van der Waals surface area contributed by atoms with Gasteiger partial charge in [-0.3, -0.25) is 4.79 Å². The standard InChI is InChI=1S/C21H23F4N5O/c1-30-18-16(21(23,24)25)9-13(12-4-6-14(22)7-5-12)10-17(18)29-19(30)20(31)28-11-15(27)3-2-8-26/h4-7,9-10,15H,2-3,8,11,26-27H2,1H3,(H,28,31)/p+2/t15-/m1/s1. The van der Waals surface area contributed by atoms with Crippen molar-refractivity contribution in [3.8, 4) is 11.1 Å². The van der Waals surface area contributed by atoms with Crippen molar-refractivity contribution in [3.05, 3.63) is 53.6 Å². The SMILES string of the molecule is Cn1c(C(=O)NC[C@H]([NH3+])CCC[NH3+])nc2cc(-c3ccc(F)cc3)cc(C(F)(F)F)c21. The van der Waals surface area contributed by atoms with Gasteiger partial charge in [0.15, 0.2) is 5.82 Å². The van der Waals surface area contributed by atoms with E-state index in [9.17, 15) is 22.4 Å². The molecule has 0 bridgehead atoms. The summed E-state index contributed by atoms with van der Waals surface area (Å²) in [6, 6.07) is 7.57. The van der Waals surface area contributed by atoms with Crippen molar-refractivity contribution >= 4 is 16.9 Å². The molecule has 1 heterocycles. The molecule has 3 rings (SSSR count). The molecule has 0 fully saturated rings. The summed E-state index contributed by atoms with van der Waals surface area (Å²) < 4.78 is 55.8. The number of hydrogen-bond acceptors (Lipinski definition) is 2. The van der Waals surface area contributed by atoms with Crippen LogP contribution in [0.2, 0.25) is 0 Å². The van der Waals surface area contributed by atoms with Gasteiger partial charge in [0, 0.05) is 19.9 Å². The summed E-state index contributed by atoms with van der Waals surface area (Å²) >= 11 is 0. The third-order valence-corrected chi connectivity index (χ3v) is 5.07. The maximum Gasteiger partial charge on any atom is 0.418 e. The van der Waals surface area contributed by atoms with Crippen molar-refractivity contribution in [1.82, 2.24) is 14.9 Å². The summed E-state index contributed by atoms with van der Waals surface area (Å²) in [5.41, 5.74) is 7.29. The number of hydrogen-bond donors (Lipinski definition) is 3. The van der Waals surface area contributed by atoms with Crippen LogP contribution in [0.1, 0.15) is 29.0 Å². The highest BCUT2D eigenvalue weighted by molar-refractivity contribution is 5.96. The lowest BCUT2D eigenvalue weighted by Crippen LogP contribution is -2.65. The number of carbonyl (C=O) groups is 1. The molecule has 10 heteroatoms. The molecule has 0 aliphatic rings. The van der Waals surface area contributed by atoms with Crippen molar-refractivity contribution < 1.29 is 33.8 Å². The number of fused-ring (bicyclic) bond motifs is 1. The minimum Gasteiger partial charge on any atom is -0.358 e. The van der Waals surface area contributed by atoms with Gasteiger partial charge >= 0.3 is 6.18 Å². The van der Waals surface area contributed by atoms with Crippen molar-refractivity contribution in [2.45, 2.75) is 25.1 Å². The molecule has 1 amide bonds. The Hall–Kier alpha value is -2.98. The number of halogens is 4. The highest BCUT2D eigenvalue weighted by Gasteiger charge is 2.35. The molecule has 1 aromatic heterocycles. The van der Waals surface area contributed by atoms with Gasteiger partial charge in [-0.05, 0) is 35.4 Å². The van der Waals surface area contributed by atoms with Crippen molar-refractivity contribution in [2.75, 3.05) is 13.1 Å². The van der Waals surface area contributed by atoms with Gasteiger partial charge in [-0.25, -0.2) is 9.37 Å². The number of amides is 1. The van der Waals surface area contributed by atoms with Crippen LogP contribution in [0.3, 0.4) is 0 Å². The Morgan fingerprint density at radius 3 is 2.48 bits per heavy atom. The van der Waals surface area contributed by atoms with E-state index in [2.05, 4.69) is 21.8 Å². The van der Waals surface area contributed by atoms with Gasteiger partial charge in [0.25, 0.3) is 5.91 Å². The van der Waals surface area contributed by atoms with Crippen molar-refractivity contribution in [1.29, 1.82) is 0 Å². The predicted octanol–water partition coefficient (Wildman–Crippen LogP) is 1.76. The smallest absolute Gasteiger partial charge is 0.358 e. The summed E-state index contributed by atoms with van der Waals surface area (Å²) in [4.78, 5) is 16.8. The maximum atomic E-state index is 13.8. The molecular formula is C21H25F4N5O+2. The fraction of sp³-hybridized carbons (Fsp3) is 0.333. The van der Waals surface area contributed by atoms with Gasteiger partial charge in [-0.2, -0.15) is 13.2 Å². The van der Waals surface area contributed by atoms with E-state index in [1.165, 1.54) is 37.4 Å². The quantitative estimate of drug-likeness (QED) is 0.489. The number of carbonyl (C=O) groups excluding carboxylic acids is 1. The van der Waals surface area contributed by atoms with Gasteiger partial charge < -0.3 is 21.4 Å². The molecule has 1 atom stereocenters. The third kappa shape index (κ3) is 5.02. The lowest BCUT2D eigenvalue weighted by molar-refractivity contribution is -0.423. The van der Waals surface area contributed by atoms with Gasteiger partial charge in [0.1, 0.15) is 11.9 Å². The normalized spacial score (nSPS) is 12.9. The molecule has 6 nitrogen and oxygen atoms in total. The molecule has 0 aliphatic heterocycles. The van der Waals surface area contributed by atoms with Crippen LogP contribution in [0.4, 0.5) is 17.6 Å². The number of alkyl halides is 3.